The summed E-state index contributed by atoms with van der Waals surface area (Å²) in [7, 11) is 3.35. The molecule has 3 aromatic rings. The van der Waals surface area contributed by atoms with Crippen molar-refractivity contribution in [3.8, 4) is 22.8 Å². The van der Waals surface area contributed by atoms with Crippen molar-refractivity contribution < 1.29 is 9.47 Å². The fourth-order valence-corrected chi connectivity index (χ4v) is 3.16. The highest BCUT2D eigenvalue weighted by molar-refractivity contribution is 5.88. The van der Waals surface area contributed by atoms with Gasteiger partial charge in [0.2, 0.25) is 0 Å². The number of aromatic nitrogens is 2. The van der Waals surface area contributed by atoms with E-state index in [9.17, 15) is 0 Å². The van der Waals surface area contributed by atoms with Crippen LogP contribution < -0.4 is 9.47 Å². The minimum absolute atomic E-state index is 0.771. The summed E-state index contributed by atoms with van der Waals surface area (Å²) in [4.78, 5) is 4.24. The van der Waals surface area contributed by atoms with Crippen molar-refractivity contribution in [3.63, 3.8) is 0 Å². The molecule has 0 saturated carbocycles. The summed E-state index contributed by atoms with van der Waals surface area (Å²) in [5.41, 5.74) is 4.93. The van der Waals surface area contributed by atoms with E-state index >= 15 is 0 Å². The molecule has 0 radical (unpaired) electrons. The molecule has 0 amide bonds. The van der Waals surface area contributed by atoms with Gasteiger partial charge < -0.3 is 14.0 Å². The number of nitrogens with zero attached hydrogens (tertiary/aromatic N) is 2. The predicted molar refractivity (Wildman–Crippen MR) is 82.0 cm³/mol. The van der Waals surface area contributed by atoms with Gasteiger partial charge in [-0.2, -0.15) is 0 Å². The first-order chi connectivity index (χ1) is 10.3. The first kappa shape index (κ1) is 12.3. The molecule has 1 aliphatic heterocycles. The molecule has 1 aliphatic rings. The van der Waals surface area contributed by atoms with E-state index in [1.54, 1.807) is 14.2 Å². The molecule has 106 valence electrons. The monoisotopic (exact) mass is 280 g/mol. The van der Waals surface area contributed by atoms with E-state index in [4.69, 9.17) is 9.47 Å². The van der Waals surface area contributed by atoms with Gasteiger partial charge in [-0.3, -0.25) is 4.98 Å². The summed E-state index contributed by atoms with van der Waals surface area (Å²) >= 11 is 0. The Morgan fingerprint density at radius 1 is 1.10 bits per heavy atom. The van der Waals surface area contributed by atoms with E-state index in [1.165, 1.54) is 27.7 Å². The summed E-state index contributed by atoms with van der Waals surface area (Å²) in [6.45, 7) is 0.965. The Bertz CT molecular complexity index is 836. The second-order valence-corrected chi connectivity index (χ2v) is 5.23. The number of benzene rings is 1. The average Bonchev–Trinajstić information content (AvgIpc) is 2.92. The van der Waals surface area contributed by atoms with Crippen molar-refractivity contribution in [1.29, 1.82) is 0 Å². The third kappa shape index (κ3) is 1.72. The molecular formula is C17H16N2O2. The van der Waals surface area contributed by atoms with E-state index in [0.717, 1.165) is 24.5 Å². The Morgan fingerprint density at radius 3 is 2.71 bits per heavy atom. The molecule has 3 heterocycles. The molecule has 4 heteroatoms. The lowest BCUT2D eigenvalue weighted by molar-refractivity contribution is 0.354. The third-order valence-corrected chi connectivity index (χ3v) is 4.20. The molecule has 0 N–H and O–H groups in total. The number of ether oxygens (including phenoxy) is 2. The van der Waals surface area contributed by atoms with Gasteiger partial charge in [-0.1, -0.05) is 0 Å². The molecular weight excluding hydrogens is 264 g/mol. The summed E-state index contributed by atoms with van der Waals surface area (Å²) in [5.74, 6) is 1.57. The largest absolute Gasteiger partial charge is 0.493 e. The average molecular weight is 280 g/mol. The Kier molecular flexibility index (Phi) is 2.64. The molecule has 21 heavy (non-hydrogen) atoms. The standard InChI is InChI=1S/C17H16N2O2/c1-20-16-8-11-4-6-19-14(13(11)9-17(16)21-2)7-12-3-5-18-10-15(12)19/h3,5,7-10H,4,6H2,1-2H3. The van der Waals surface area contributed by atoms with Crippen LogP contribution in [-0.2, 0) is 13.0 Å². The fourth-order valence-electron chi connectivity index (χ4n) is 3.16. The number of pyridine rings is 1. The maximum atomic E-state index is 5.44. The van der Waals surface area contributed by atoms with Crippen molar-refractivity contribution in [2.45, 2.75) is 13.0 Å². The van der Waals surface area contributed by atoms with E-state index in [1.807, 2.05) is 12.4 Å². The molecule has 0 saturated heterocycles. The van der Waals surface area contributed by atoms with Gasteiger partial charge in [-0.25, -0.2) is 0 Å². The highest BCUT2D eigenvalue weighted by atomic mass is 16.5. The molecule has 2 aromatic heterocycles. The number of fused-ring (bicyclic) bond motifs is 5. The maximum Gasteiger partial charge on any atom is 0.161 e. The number of methoxy groups -OCH3 is 2. The second-order valence-electron chi connectivity index (χ2n) is 5.23. The number of rotatable bonds is 2. The zero-order valence-corrected chi connectivity index (χ0v) is 12.1. The van der Waals surface area contributed by atoms with E-state index in [-0.39, 0.29) is 0 Å². The van der Waals surface area contributed by atoms with Crippen LogP contribution in [0.1, 0.15) is 5.56 Å². The van der Waals surface area contributed by atoms with Crippen molar-refractivity contribution in [3.05, 3.63) is 42.2 Å². The molecule has 0 spiro atoms. The summed E-state index contributed by atoms with van der Waals surface area (Å²) in [6.07, 6.45) is 4.76. The van der Waals surface area contributed by atoms with Crippen LogP contribution in [-0.4, -0.2) is 23.8 Å². The summed E-state index contributed by atoms with van der Waals surface area (Å²) in [5, 5.41) is 1.22. The van der Waals surface area contributed by atoms with Gasteiger partial charge >= 0.3 is 0 Å². The molecule has 1 aromatic carbocycles. The minimum Gasteiger partial charge on any atom is -0.493 e. The van der Waals surface area contributed by atoms with Crippen LogP contribution >= 0.6 is 0 Å². The highest BCUT2D eigenvalue weighted by Gasteiger charge is 2.21. The topological polar surface area (TPSA) is 36.3 Å². The summed E-state index contributed by atoms with van der Waals surface area (Å²) < 4.78 is 13.2. The van der Waals surface area contributed by atoms with Gasteiger partial charge in [0.25, 0.3) is 0 Å². The lowest BCUT2D eigenvalue weighted by Gasteiger charge is -2.22. The van der Waals surface area contributed by atoms with Crippen LogP contribution in [0.5, 0.6) is 11.5 Å². The molecule has 0 aliphatic carbocycles. The molecule has 0 bridgehead atoms. The van der Waals surface area contributed by atoms with Crippen molar-refractivity contribution in [2.24, 2.45) is 0 Å². The highest BCUT2D eigenvalue weighted by Crippen LogP contribution is 2.40. The molecule has 0 unspecified atom stereocenters. The van der Waals surface area contributed by atoms with Crippen molar-refractivity contribution in [2.75, 3.05) is 14.2 Å². The zero-order valence-electron chi connectivity index (χ0n) is 12.1. The van der Waals surface area contributed by atoms with Crippen LogP contribution in [0.25, 0.3) is 22.2 Å². The lowest BCUT2D eigenvalue weighted by Crippen LogP contribution is -2.11. The van der Waals surface area contributed by atoms with E-state index in [2.05, 4.69) is 33.8 Å². The minimum atomic E-state index is 0.771. The zero-order chi connectivity index (χ0) is 14.4. The molecule has 0 atom stereocenters. The second kappa shape index (κ2) is 4.52. The first-order valence-corrected chi connectivity index (χ1v) is 7.00. The maximum absolute atomic E-state index is 5.44. The Balaban J connectivity index is 1.99. The van der Waals surface area contributed by atoms with Gasteiger partial charge in [0.05, 0.1) is 25.9 Å². The normalized spacial score (nSPS) is 12.9. The fraction of sp³-hybridized carbons (Fsp3) is 0.235. The molecule has 0 fully saturated rings. The number of aryl methyl sites for hydroxylation is 2. The predicted octanol–water partition coefficient (Wildman–Crippen LogP) is 3.28. The van der Waals surface area contributed by atoms with Crippen LogP contribution in [0.2, 0.25) is 0 Å². The lowest BCUT2D eigenvalue weighted by atomic mass is 9.97. The van der Waals surface area contributed by atoms with E-state index in [0.29, 0.717) is 0 Å². The Morgan fingerprint density at radius 2 is 1.90 bits per heavy atom. The Hall–Kier alpha value is -2.49. The van der Waals surface area contributed by atoms with Crippen molar-refractivity contribution in [1.82, 2.24) is 9.55 Å². The SMILES string of the molecule is COc1cc2c(cc1OC)-c1cc3ccncc3n1CC2. The Labute approximate surface area is 122 Å². The van der Waals surface area contributed by atoms with Crippen LogP contribution in [0.15, 0.2) is 36.7 Å². The van der Waals surface area contributed by atoms with Gasteiger partial charge in [-0.05, 0) is 36.2 Å². The molecule has 4 rings (SSSR count). The van der Waals surface area contributed by atoms with Crippen LogP contribution in [0.3, 0.4) is 0 Å². The van der Waals surface area contributed by atoms with Gasteiger partial charge in [0.15, 0.2) is 11.5 Å². The van der Waals surface area contributed by atoms with Crippen LogP contribution in [0, 0.1) is 0 Å². The smallest absolute Gasteiger partial charge is 0.161 e. The van der Waals surface area contributed by atoms with Gasteiger partial charge in [0, 0.05) is 29.4 Å². The quantitative estimate of drug-likeness (QED) is 0.723. The van der Waals surface area contributed by atoms with Crippen molar-refractivity contribution >= 4 is 10.9 Å². The van der Waals surface area contributed by atoms with Gasteiger partial charge in [0.1, 0.15) is 0 Å². The summed E-state index contributed by atoms with van der Waals surface area (Å²) in [6, 6.07) is 8.45. The first-order valence-electron chi connectivity index (χ1n) is 7.00. The number of hydrogen-bond acceptors (Lipinski definition) is 3. The number of hydrogen-bond donors (Lipinski definition) is 0. The molecule has 4 nitrogen and oxygen atoms in total. The van der Waals surface area contributed by atoms with E-state index < -0.39 is 0 Å². The van der Waals surface area contributed by atoms with Gasteiger partial charge in [-0.15, -0.1) is 0 Å². The third-order valence-electron chi connectivity index (χ3n) is 4.20. The van der Waals surface area contributed by atoms with Crippen LogP contribution in [0.4, 0.5) is 0 Å².